The zero-order chi connectivity index (χ0) is 15.6. The molecule has 0 bridgehead atoms. The van der Waals surface area contributed by atoms with Gasteiger partial charge in [0.1, 0.15) is 0 Å². The second kappa shape index (κ2) is 6.47. The zero-order valence-corrected chi connectivity index (χ0v) is 14.1. The summed E-state index contributed by atoms with van der Waals surface area (Å²) in [5, 5.41) is 14.1. The van der Waals surface area contributed by atoms with E-state index >= 15 is 0 Å². The van der Waals surface area contributed by atoms with Crippen LogP contribution in [0.2, 0.25) is 0 Å². The van der Waals surface area contributed by atoms with Crippen molar-refractivity contribution in [2.45, 2.75) is 84.7 Å². The Bertz CT molecular complexity index is 442. The highest BCUT2D eigenvalue weighted by molar-refractivity contribution is 5.02. The highest BCUT2D eigenvalue weighted by Gasteiger charge is 2.32. The van der Waals surface area contributed by atoms with Gasteiger partial charge in [0, 0.05) is 5.92 Å². The molecule has 0 aromatic carbocycles. The van der Waals surface area contributed by atoms with Crippen LogP contribution in [0.5, 0.6) is 0 Å². The lowest BCUT2D eigenvalue weighted by Crippen LogP contribution is -2.25. The van der Waals surface area contributed by atoms with Crippen molar-refractivity contribution in [1.82, 2.24) is 10.1 Å². The molecule has 21 heavy (non-hydrogen) atoms. The smallest absolute Gasteiger partial charge is 0.232 e. The molecule has 4 nitrogen and oxygen atoms in total. The minimum atomic E-state index is -0.407. The van der Waals surface area contributed by atoms with Crippen molar-refractivity contribution in [2.75, 3.05) is 0 Å². The average molecular weight is 294 g/mol. The van der Waals surface area contributed by atoms with Gasteiger partial charge in [-0.1, -0.05) is 39.8 Å². The van der Waals surface area contributed by atoms with Gasteiger partial charge in [0.2, 0.25) is 5.89 Å². The third-order valence-electron chi connectivity index (χ3n) is 5.16. The maximum absolute atomic E-state index is 9.90. The Balaban J connectivity index is 1.97. The molecule has 0 spiro atoms. The van der Waals surface area contributed by atoms with E-state index in [-0.39, 0.29) is 5.92 Å². The average Bonchev–Trinajstić information content (AvgIpc) is 2.94. The lowest BCUT2D eigenvalue weighted by Gasteiger charge is -2.36. The molecule has 0 radical (unpaired) electrons. The molecule has 1 aliphatic rings. The van der Waals surface area contributed by atoms with Gasteiger partial charge in [-0.25, -0.2) is 0 Å². The molecule has 0 amide bonds. The van der Waals surface area contributed by atoms with Crippen LogP contribution in [0.4, 0.5) is 0 Å². The van der Waals surface area contributed by atoms with E-state index in [9.17, 15) is 5.11 Å². The summed E-state index contributed by atoms with van der Waals surface area (Å²) >= 11 is 0. The summed E-state index contributed by atoms with van der Waals surface area (Å²) in [6, 6.07) is 0. The molecule has 1 N–H and O–H groups in total. The normalized spacial score (nSPS) is 26.6. The summed E-state index contributed by atoms with van der Waals surface area (Å²) in [7, 11) is 0. The fourth-order valence-corrected chi connectivity index (χ4v) is 3.33. The van der Waals surface area contributed by atoms with E-state index in [1.807, 2.05) is 13.8 Å². The van der Waals surface area contributed by atoms with E-state index < -0.39 is 6.10 Å². The predicted octanol–water partition coefficient (Wildman–Crippen LogP) is 4.26. The maximum atomic E-state index is 9.90. The van der Waals surface area contributed by atoms with Crippen molar-refractivity contribution in [1.29, 1.82) is 0 Å². The minimum Gasteiger partial charge on any atom is -0.392 e. The number of aliphatic hydroxyl groups excluding tert-OH is 1. The van der Waals surface area contributed by atoms with E-state index in [2.05, 4.69) is 30.9 Å². The Morgan fingerprint density at radius 2 is 1.86 bits per heavy atom. The van der Waals surface area contributed by atoms with E-state index in [1.165, 1.54) is 12.8 Å². The Kier molecular flexibility index (Phi) is 5.07. The molecule has 2 rings (SSSR count). The summed E-state index contributed by atoms with van der Waals surface area (Å²) in [5.41, 5.74) is 0.396. The first kappa shape index (κ1) is 16.5. The first-order chi connectivity index (χ1) is 9.82. The number of hydrogen-bond acceptors (Lipinski definition) is 4. The third kappa shape index (κ3) is 3.85. The molecule has 1 fully saturated rings. The largest absolute Gasteiger partial charge is 0.392 e. The van der Waals surface area contributed by atoms with Crippen molar-refractivity contribution in [3.8, 4) is 0 Å². The van der Waals surface area contributed by atoms with Crippen molar-refractivity contribution in [3.63, 3.8) is 0 Å². The summed E-state index contributed by atoms with van der Waals surface area (Å²) in [4.78, 5) is 4.55. The first-order valence-corrected chi connectivity index (χ1v) is 8.34. The fourth-order valence-electron chi connectivity index (χ4n) is 3.33. The topological polar surface area (TPSA) is 59.2 Å². The number of aliphatic hydroxyl groups is 1. The minimum absolute atomic E-state index is 0.0813. The molecule has 1 aliphatic carbocycles. The Labute approximate surface area is 128 Å². The highest BCUT2D eigenvalue weighted by Crippen LogP contribution is 2.42. The van der Waals surface area contributed by atoms with Gasteiger partial charge in [0.15, 0.2) is 5.82 Å². The van der Waals surface area contributed by atoms with Gasteiger partial charge in [-0.2, -0.15) is 4.98 Å². The lowest BCUT2D eigenvalue weighted by atomic mass is 9.70. The molecule has 1 aromatic rings. The van der Waals surface area contributed by atoms with E-state index in [0.717, 1.165) is 24.6 Å². The molecule has 4 heteroatoms. The van der Waals surface area contributed by atoms with Crippen molar-refractivity contribution in [2.24, 2.45) is 11.3 Å². The molecule has 1 saturated carbocycles. The van der Waals surface area contributed by atoms with Crippen LogP contribution in [0, 0.1) is 11.3 Å². The molecule has 2 unspecified atom stereocenters. The van der Waals surface area contributed by atoms with Crippen LogP contribution in [0.25, 0.3) is 0 Å². The van der Waals surface area contributed by atoms with Crippen LogP contribution in [0.1, 0.15) is 90.3 Å². The van der Waals surface area contributed by atoms with Crippen LogP contribution in [0.3, 0.4) is 0 Å². The Morgan fingerprint density at radius 1 is 1.24 bits per heavy atom. The van der Waals surface area contributed by atoms with Crippen LogP contribution < -0.4 is 0 Å². The Hall–Kier alpha value is -0.900. The molecule has 0 aliphatic heterocycles. The van der Waals surface area contributed by atoms with E-state index in [4.69, 9.17) is 4.52 Å². The van der Waals surface area contributed by atoms with Gasteiger partial charge in [0.25, 0.3) is 0 Å². The third-order valence-corrected chi connectivity index (χ3v) is 5.16. The molecule has 2 atom stereocenters. The molecular weight excluding hydrogens is 264 g/mol. The molecule has 120 valence electrons. The SMILES string of the molecule is CCC(O)C(C)c1nc(C2CCC(C(C)(C)C)CC2)no1. The summed E-state index contributed by atoms with van der Waals surface area (Å²) in [5.74, 6) is 2.56. The van der Waals surface area contributed by atoms with Crippen LogP contribution in [-0.2, 0) is 0 Å². The van der Waals surface area contributed by atoms with Gasteiger partial charge in [0.05, 0.1) is 12.0 Å². The summed E-state index contributed by atoms with van der Waals surface area (Å²) < 4.78 is 5.38. The van der Waals surface area contributed by atoms with Gasteiger partial charge in [-0.3, -0.25) is 0 Å². The molecule has 1 aromatic heterocycles. The second-order valence-electron chi connectivity index (χ2n) is 7.67. The lowest BCUT2D eigenvalue weighted by molar-refractivity contribution is 0.129. The standard InChI is InChI=1S/C17H30N2O2/c1-6-14(20)11(2)16-18-15(19-21-16)12-7-9-13(10-8-12)17(3,4)5/h11-14,20H,6-10H2,1-5H3. The predicted molar refractivity (Wildman–Crippen MR) is 83.2 cm³/mol. The van der Waals surface area contributed by atoms with Crippen LogP contribution in [-0.4, -0.2) is 21.4 Å². The molecule has 1 heterocycles. The molecule has 0 saturated heterocycles. The zero-order valence-electron chi connectivity index (χ0n) is 14.1. The Morgan fingerprint density at radius 3 is 2.38 bits per heavy atom. The van der Waals surface area contributed by atoms with Gasteiger partial charge in [-0.05, 0) is 43.4 Å². The second-order valence-corrected chi connectivity index (χ2v) is 7.67. The van der Waals surface area contributed by atoms with Crippen LogP contribution >= 0.6 is 0 Å². The summed E-state index contributed by atoms with van der Waals surface area (Å²) in [6.45, 7) is 10.9. The van der Waals surface area contributed by atoms with Gasteiger partial charge in [-0.15, -0.1) is 0 Å². The quantitative estimate of drug-likeness (QED) is 0.901. The van der Waals surface area contributed by atoms with E-state index in [0.29, 0.717) is 23.6 Å². The van der Waals surface area contributed by atoms with Crippen molar-refractivity contribution >= 4 is 0 Å². The van der Waals surface area contributed by atoms with Crippen molar-refractivity contribution < 1.29 is 9.63 Å². The van der Waals surface area contributed by atoms with Gasteiger partial charge >= 0.3 is 0 Å². The fraction of sp³-hybridized carbons (Fsp3) is 0.882. The number of rotatable bonds is 4. The molecular formula is C17H30N2O2. The van der Waals surface area contributed by atoms with Crippen molar-refractivity contribution in [3.05, 3.63) is 11.7 Å². The number of hydrogen-bond donors (Lipinski definition) is 1. The summed E-state index contributed by atoms with van der Waals surface area (Å²) in [6.07, 6.45) is 5.07. The monoisotopic (exact) mass is 294 g/mol. The highest BCUT2D eigenvalue weighted by atomic mass is 16.5. The number of nitrogens with zero attached hydrogens (tertiary/aromatic N) is 2. The van der Waals surface area contributed by atoms with Gasteiger partial charge < -0.3 is 9.63 Å². The van der Waals surface area contributed by atoms with E-state index in [1.54, 1.807) is 0 Å². The number of aromatic nitrogens is 2. The maximum Gasteiger partial charge on any atom is 0.232 e. The first-order valence-electron chi connectivity index (χ1n) is 8.34. The van der Waals surface area contributed by atoms with Crippen LogP contribution in [0.15, 0.2) is 4.52 Å².